The monoisotopic (exact) mass is 403 g/mol. The number of benzene rings is 2. The molecule has 0 aliphatic rings. The van der Waals surface area contributed by atoms with E-state index < -0.39 is 0 Å². The summed E-state index contributed by atoms with van der Waals surface area (Å²) >= 11 is 1.44. The largest absolute Gasteiger partial charge is 0.354 e. The Morgan fingerprint density at radius 2 is 1.79 bits per heavy atom. The van der Waals surface area contributed by atoms with Crippen molar-refractivity contribution in [2.45, 2.75) is 19.4 Å². The van der Waals surface area contributed by atoms with Crippen LogP contribution in [0.2, 0.25) is 0 Å². The van der Waals surface area contributed by atoms with Crippen molar-refractivity contribution in [1.29, 1.82) is 0 Å². The van der Waals surface area contributed by atoms with Crippen LogP contribution in [0.5, 0.6) is 0 Å². The molecule has 0 fully saturated rings. The van der Waals surface area contributed by atoms with E-state index >= 15 is 0 Å². The predicted molar refractivity (Wildman–Crippen MR) is 117 cm³/mol. The topological polar surface area (TPSA) is 64.0 Å². The maximum atomic E-state index is 13.0. The molecule has 2 aromatic heterocycles. The maximum Gasteiger partial charge on any atom is 0.263 e. The highest BCUT2D eigenvalue weighted by Gasteiger charge is 2.15. The number of nitrogens with one attached hydrogen (secondary N) is 1. The van der Waals surface area contributed by atoms with Crippen LogP contribution in [0.1, 0.15) is 18.4 Å². The van der Waals surface area contributed by atoms with Gasteiger partial charge in [0.05, 0.1) is 11.7 Å². The number of hydrogen-bond acceptors (Lipinski definition) is 4. The van der Waals surface area contributed by atoms with Crippen LogP contribution in [0.15, 0.2) is 77.2 Å². The molecule has 0 radical (unpaired) electrons. The highest BCUT2D eigenvalue weighted by molar-refractivity contribution is 7.17. The number of carbonyl (C=O) groups is 1. The Hall–Kier alpha value is -3.25. The molecule has 0 saturated carbocycles. The number of rotatable bonds is 6. The van der Waals surface area contributed by atoms with Crippen molar-refractivity contribution in [2.75, 3.05) is 6.54 Å². The Kier molecular flexibility index (Phi) is 5.53. The molecule has 2 heterocycles. The van der Waals surface area contributed by atoms with Gasteiger partial charge in [-0.1, -0.05) is 67.6 Å². The second kappa shape index (κ2) is 8.41. The van der Waals surface area contributed by atoms with Gasteiger partial charge < -0.3 is 5.32 Å². The van der Waals surface area contributed by atoms with Gasteiger partial charge in [0.1, 0.15) is 11.4 Å². The fourth-order valence-corrected chi connectivity index (χ4v) is 4.19. The number of aromatic nitrogens is 2. The molecule has 1 N–H and O–H groups in total. The first-order valence-corrected chi connectivity index (χ1v) is 10.3. The molecule has 0 spiro atoms. The second-order valence-electron chi connectivity index (χ2n) is 6.99. The third-order valence-electron chi connectivity index (χ3n) is 4.93. The minimum atomic E-state index is -0.201. The summed E-state index contributed by atoms with van der Waals surface area (Å²) in [4.78, 5) is 30.5. The van der Waals surface area contributed by atoms with E-state index in [0.717, 1.165) is 11.1 Å². The van der Waals surface area contributed by atoms with Gasteiger partial charge in [-0.3, -0.25) is 14.2 Å². The number of hydrogen-bond donors (Lipinski definition) is 1. The van der Waals surface area contributed by atoms with Crippen molar-refractivity contribution < 1.29 is 4.79 Å². The fourth-order valence-electron chi connectivity index (χ4n) is 3.29. The molecule has 1 amide bonds. The molecule has 146 valence electrons. The molecular formula is C23H21N3O2S. The molecule has 0 bridgehead atoms. The number of carbonyl (C=O) groups excluding carboxylic acids is 1. The van der Waals surface area contributed by atoms with Crippen LogP contribution in [-0.2, 0) is 11.3 Å². The van der Waals surface area contributed by atoms with Gasteiger partial charge in [-0.05, 0) is 17.0 Å². The number of fused-ring (bicyclic) bond motifs is 1. The van der Waals surface area contributed by atoms with E-state index in [9.17, 15) is 9.59 Å². The Bertz CT molecular complexity index is 1180. The predicted octanol–water partition coefficient (Wildman–Crippen LogP) is 4.04. The van der Waals surface area contributed by atoms with Crippen LogP contribution >= 0.6 is 11.3 Å². The zero-order chi connectivity index (χ0) is 20.2. The van der Waals surface area contributed by atoms with Gasteiger partial charge in [0.25, 0.3) is 5.56 Å². The Labute approximate surface area is 172 Å². The van der Waals surface area contributed by atoms with Crippen molar-refractivity contribution in [3.8, 4) is 11.1 Å². The van der Waals surface area contributed by atoms with Crippen LogP contribution in [0.3, 0.4) is 0 Å². The van der Waals surface area contributed by atoms with Gasteiger partial charge in [-0.2, -0.15) is 0 Å². The van der Waals surface area contributed by atoms with E-state index in [-0.39, 0.29) is 23.9 Å². The highest BCUT2D eigenvalue weighted by atomic mass is 32.1. The van der Waals surface area contributed by atoms with Crippen molar-refractivity contribution in [1.82, 2.24) is 14.9 Å². The fraction of sp³-hybridized carbons (Fsp3) is 0.174. The van der Waals surface area contributed by atoms with Crippen molar-refractivity contribution in [2.24, 2.45) is 0 Å². The molecule has 4 rings (SSSR count). The Morgan fingerprint density at radius 3 is 2.52 bits per heavy atom. The average molecular weight is 404 g/mol. The lowest BCUT2D eigenvalue weighted by atomic mass is 10.0. The van der Waals surface area contributed by atoms with Gasteiger partial charge in [-0.15, -0.1) is 11.3 Å². The smallest absolute Gasteiger partial charge is 0.263 e. The van der Waals surface area contributed by atoms with Gasteiger partial charge in [-0.25, -0.2) is 4.98 Å². The van der Waals surface area contributed by atoms with E-state index in [2.05, 4.69) is 17.2 Å². The van der Waals surface area contributed by atoms with Crippen LogP contribution < -0.4 is 10.9 Å². The molecule has 0 saturated heterocycles. The Morgan fingerprint density at radius 1 is 1.10 bits per heavy atom. The van der Waals surface area contributed by atoms with Crippen LogP contribution in [0.25, 0.3) is 21.3 Å². The van der Waals surface area contributed by atoms with E-state index in [1.807, 2.05) is 66.0 Å². The zero-order valence-corrected chi connectivity index (χ0v) is 16.9. The van der Waals surface area contributed by atoms with Gasteiger partial charge in [0, 0.05) is 17.5 Å². The maximum absolute atomic E-state index is 13.0. The third kappa shape index (κ3) is 4.12. The lowest BCUT2D eigenvalue weighted by molar-refractivity contribution is -0.121. The molecule has 1 atom stereocenters. The zero-order valence-electron chi connectivity index (χ0n) is 16.0. The minimum Gasteiger partial charge on any atom is -0.354 e. The van der Waals surface area contributed by atoms with Gasteiger partial charge in [0.2, 0.25) is 5.91 Å². The average Bonchev–Trinajstić information content (AvgIpc) is 3.20. The van der Waals surface area contributed by atoms with Crippen LogP contribution in [0.4, 0.5) is 0 Å². The van der Waals surface area contributed by atoms with Crippen molar-refractivity contribution in [3.05, 3.63) is 88.3 Å². The first-order valence-electron chi connectivity index (χ1n) is 9.47. The summed E-state index contributed by atoms with van der Waals surface area (Å²) in [5.41, 5.74) is 2.80. The van der Waals surface area contributed by atoms with Crippen molar-refractivity contribution >= 4 is 27.5 Å². The first-order chi connectivity index (χ1) is 14.1. The van der Waals surface area contributed by atoms with Crippen molar-refractivity contribution in [3.63, 3.8) is 0 Å². The molecule has 0 aliphatic carbocycles. The molecule has 29 heavy (non-hydrogen) atoms. The van der Waals surface area contributed by atoms with Crippen LogP contribution in [0, 0.1) is 0 Å². The Balaban J connectivity index is 1.52. The van der Waals surface area contributed by atoms with E-state index in [1.54, 1.807) is 0 Å². The third-order valence-corrected chi connectivity index (χ3v) is 5.82. The molecule has 4 aromatic rings. The standard InChI is InChI=1S/C23H21N3O2S/c1-16(17-8-4-2-5-9-17)12-24-20(27)13-26-15-25-22-21(23(26)28)19(14-29-22)18-10-6-3-7-11-18/h2-11,14-16H,12-13H2,1H3,(H,24,27). The summed E-state index contributed by atoms with van der Waals surface area (Å²) in [5.74, 6) is -0.00782. The van der Waals surface area contributed by atoms with Gasteiger partial charge >= 0.3 is 0 Å². The summed E-state index contributed by atoms with van der Waals surface area (Å²) in [5, 5.41) is 5.43. The molecule has 0 aliphatic heterocycles. The SMILES string of the molecule is CC(CNC(=O)Cn1cnc2scc(-c3ccccc3)c2c1=O)c1ccccc1. The molecule has 5 nitrogen and oxygen atoms in total. The highest BCUT2D eigenvalue weighted by Crippen LogP contribution is 2.30. The number of amides is 1. The molecule has 6 heteroatoms. The minimum absolute atomic E-state index is 0.0483. The summed E-state index contributed by atoms with van der Waals surface area (Å²) in [7, 11) is 0. The summed E-state index contributed by atoms with van der Waals surface area (Å²) in [6.45, 7) is 2.53. The molecule has 2 aromatic carbocycles. The lowest BCUT2D eigenvalue weighted by Crippen LogP contribution is -2.34. The normalized spacial score (nSPS) is 12.0. The summed E-state index contributed by atoms with van der Waals surface area (Å²) < 4.78 is 1.38. The first kappa shape index (κ1) is 19.1. The van der Waals surface area contributed by atoms with E-state index in [0.29, 0.717) is 16.8 Å². The van der Waals surface area contributed by atoms with E-state index in [4.69, 9.17) is 0 Å². The molecule has 1 unspecified atom stereocenters. The quantitative estimate of drug-likeness (QED) is 0.528. The van der Waals surface area contributed by atoms with Gasteiger partial charge in [0.15, 0.2) is 0 Å². The summed E-state index contributed by atoms with van der Waals surface area (Å²) in [6, 6.07) is 19.8. The molecular weight excluding hydrogens is 382 g/mol. The van der Waals surface area contributed by atoms with Crippen LogP contribution in [-0.4, -0.2) is 22.0 Å². The summed E-state index contributed by atoms with van der Waals surface area (Å²) in [6.07, 6.45) is 1.45. The second-order valence-corrected chi connectivity index (χ2v) is 7.85. The lowest BCUT2D eigenvalue weighted by Gasteiger charge is -2.13. The number of nitrogens with zero attached hydrogens (tertiary/aromatic N) is 2. The number of thiophene rings is 1. The van der Waals surface area contributed by atoms with E-state index in [1.165, 1.54) is 27.8 Å².